The molecule has 1 N–H and O–H groups in total. The minimum absolute atomic E-state index is 0.229. The average molecular weight is 207 g/mol. The smallest absolute Gasteiger partial charge is 0.337 e. The van der Waals surface area contributed by atoms with Crippen molar-refractivity contribution in [2.45, 2.75) is 6.10 Å². The summed E-state index contributed by atoms with van der Waals surface area (Å²) in [6, 6.07) is 7.04. The number of aromatic carboxylic acids is 1. The lowest BCUT2D eigenvalue weighted by molar-refractivity contribution is 0.0687. The first-order valence-corrected chi connectivity index (χ1v) is 4.82. The van der Waals surface area contributed by atoms with Crippen LogP contribution < -0.4 is 4.90 Å². The second-order valence-electron chi connectivity index (χ2n) is 3.58. The van der Waals surface area contributed by atoms with Crippen molar-refractivity contribution in [3.8, 4) is 0 Å². The van der Waals surface area contributed by atoms with Crippen LogP contribution in [0.4, 0.5) is 5.69 Å². The minimum Gasteiger partial charge on any atom is -0.478 e. The molecule has 1 saturated heterocycles. The molecule has 1 aromatic carbocycles. The standard InChI is InChI=1S/C11H13NO3/c1-15-8-6-12(7-8)10-5-3-2-4-9(10)11(13)14/h2-5,8H,6-7H2,1H3,(H,13,14). The van der Waals surface area contributed by atoms with Crippen molar-refractivity contribution in [2.75, 3.05) is 25.1 Å². The third kappa shape index (κ3) is 1.80. The summed E-state index contributed by atoms with van der Waals surface area (Å²) in [5, 5.41) is 9.00. The molecule has 1 aliphatic heterocycles. The van der Waals surface area contributed by atoms with E-state index in [2.05, 4.69) is 0 Å². The van der Waals surface area contributed by atoms with Crippen molar-refractivity contribution in [1.29, 1.82) is 0 Å². The Labute approximate surface area is 88.1 Å². The highest BCUT2D eigenvalue weighted by atomic mass is 16.5. The number of para-hydroxylation sites is 1. The van der Waals surface area contributed by atoms with Crippen LogP contribution in [-0.4, -0.2) is 37.4 Å². The van der Waals surface area contributed by atoms with Gasteiger partial charge in [-0.25, -0.2) is 4.79 Å². The van der Waals surface area contributed by atoms with Gasteiger partial charge in [0.2, 0.25) is 0 Å². The summed E-state index contributed by atoms with van der Waals surface area (Å²) in [6.07, 6.45) is 0.229. The lowest BCUT2D eigenvalue weighted by Gasteiger charge is -2.40. The number of methoxy groups -OCH3 is 1. The van der Waals surface area contributed by atoms with E-state index in [0.717, 1.165) is 18.8 Å². The predicted octanol–water partition coefficient (Wildman–Crippen LogP) is 1.22. The summed E-state index contributed by atoms with van der Waals surface area (Å²) in [6.45, 7) is 1.53. The molecule has 0 bridgehead atoms. The van der Waals surface area contributed by atoms with Crippen molar-refractivity contribution in [3.63, 3.8) is 0 Å². The van der Waals surface area contributed by atoms with Crippen LogP contribution in [0.2, 0.25) is 0 Å². The van der Waals surface area contributed by atoms with Gasteiger partial charge in [-0.2, -0.15) is 0 Å². The van der Waals surface area contributed by atoms with Gasteiger partial charge in [-0.05, 0) is 12.1 Å². The fraction of sp³-hybridized carbons (Fsp3) is 0.364. The van der Waals surface area contributed by atoms with E-state index in [1.807, 2.05) is 17.0 Å². The first-order chi connectivity index (χ1) is 7.22. The minimum atomic E-state index is -0.883. The van der Waals surface area contributed by atoms with E-state index in [4.69, 9.17) is 9.84 Å². The second-order valence-corrected chi connectivity index (χ2v) is 3.58. The molecule has 0 unspecified atom stereocenters. The molecule has 80 valence electrons. The van der Waals surface area contributed by atoms with E-state index in [9.17, 15) is 4.79 Å². The topological polar surface area (TPSA) is 49.8 Å². The van der Waals surface area contributed by atoms with Crippen molar-refractivity contribution < 1.29 is 14.6 Å². The molecular formula is C11H13NO3. The van der Waals surface area contributed by atoms with Crippen LogP contribution in [0.3, 0.4) is 0 Å². The molecule has 1 fully saturated rings. The van der Waals surface area contributed by atoms with Crippen molar-refractivity contribution in [2.24, 2.45) is 0 Å². The lowest BCUT2D eigenvalue weighted by Crippen LogP contribution is -2.52. The number of benzene rings is 1. The highest BCUT2D eigenvalue weighted by Gasteiger charge is 2.28. The Morgan fingerprint density at radius 1 is 1.47 bits per heavy atom. The summed E-state index contributed by atoms with van der Waals surface area (Å²) in [4.78, 5) is 13.0. The van der Waals surface area contributed by atoms with Gasteiger partial charge < -0.3 is 14.7 Å². The molecule has 4 nitrogen and oxygen atoms in total. The van der Waals surface area contributed by atoms with Crippen molar-refractivity contribution in [1.82, 2.24) is 0 Å². The molecule has 0 spiro atoms. The molecule has 0 aliphatic carbocycles. The molecule has 0 amide bonds. The molecule has 1 heterocycles. The maximum absolute atomic E-state index is 11.0. The third-order valence-corrected chi connectivity index (χ3v) is 2.66. The molecule has 15 heavy (non-hydrogen) atoms. The number of nitrogens with zero attached hydrogens (tertiary/aromatic N) is 1. The predicted molar refractivity (Wildman–Crippen MR) is 56.4 cm³/mol. The van der Waals surface area contributed by atoms with E-state index in [1.165, 1.54) is 0 Å². The summed E-state index contributed by atoms with van der Waals surface area (Å²) < 4.78 is 5.15. The number of ether oxygens (including phenoxy) is 1. The van der Waals surface area contributed by atoms with Crippen LogP contribution >= 0.6 is 0 Å². The number of hydrogen-bond donors (Lipinski definition) is 1. The normalized spacial score (nSPS) is 16.2. The van der Waals surface area contributed by atoms with Gasteiger partial charge in [0.15, 0.2) is 0 Å². The summed E-state index contributed by atoms with van der Waals surface area (Å²) in [5.41, 5.74) is 1.13. The zero-order valence-corrected chi connectivity index (χ0v) is 8.51. The van der Waals surface area contributed by atoms with E-state index in [0.29, 0.717) is 5.56 Å². The van der Waals surface area contributed by atoms with E-state index >= 15 is 0 Å². The van der Waals surface area contributed by atoms with Gasteiger partial charge in [0.05, 0.1) is 17.4 Å². The van der Waals surface area contributed by atoms with Crippen LogP contribution in [0.15, 0.2) is 24.3 Å². The molecule has 4 heteroatoms. The van der Waals surface area contributed by atoms with Gasteiger partial charge in [-0.3, -0.25) is 0 Å². The zero-order valence-electron chi connectivity index (χ0n) is 8.51. The van der Waals surface area contributed by atoms with Crippen LogP contribution in [0.5, 0.6) is 0 Å². The molecule has 0 saturated carbocycles. The third-order valence-electron chi connectivity index (χ3n) is 2.66. The Bertz CT molecular complexity index is 372. The Hall–Kier alpha value is -1.55. The van der Waals surface area contributed by atoms with Crippen LogP contribution in [0, 0.1) is 0 Å². The van der Waals surface area contributed by atoms with Gasteiger partial charge in [-0.1, -0.05) is 12.1 Å². The maximum atomic E-state index is 11.0. The van der Waals surface area contributed by atoms with Crippen molar-refractivity contribution >= 4 is 11.7 Å². The molecule has 0 radical (unpaired) electrons. The highest BCUT2D eigenvalue weighted by molar-refractivity contribution is 5.94. The Balaban J connectivity index is 2.18. The van der Waals surface area contributed by atoms with Gasteiger partial charge in [0, 0.05) is 20.2 Å². The van der Waals surface area contributed by atoms with Crippen LogP contribution in [0.1, 0.15) is 10.4 Å². The first kappa shape index (κ1) is 9.98. The number of rotatable bonds is 3. The second kappa shape index (κ2) is 3.90. The average Bonchev–Trinajstić information content (AvgIpc) is 2.16. The number of carboxylic acids is 1. The quantitative estimate of drug-likeness (QED) is 0.809. The fourth-order valence-corrected chi connectivity index (χ4v) is 1.71. The molecule has 0 aromatic heterocycles. The van der Waals surface area contributed by atoms with Gasteiger partial charge in [0.1, 0.15) is 0 Å². The SMILES string of the molecule is COC1CN(c2ccccc2C(=O)O)C1. The van der Waals surface area contributed by atoms with E-state index < -0.39 is 5.97 Å². The largest absolute Gasteiger partial charge is 0.478 e. The van der Waals surface area contributed by atoms with E-state index in [1.54, 1.807) is 19.2 Å². The number of anilines is 1. The molecular weight excluding hydrogens is 194 g/mol. The Kier molecular flexibility index (Phi) is 2.60. The Morgan fingerprint density at radius 3 is 2.73 bits per heavy atom. The van der Waals surface area contributed by atoms with Crippen LogP contribution in [-0.2, 0) is 4.74 Å². The number of carboxylic acid groups (broad SMARTS) is 1. The Morgan fingerprint density at radius 2 is 2.13 bits per heavy atom. The molecule has 2 rings (SSSR count). The maximum Gasteiger partial charge on any atom is 0.337 e. The summed E-state index contributed by atoms with van der Waals surface area (Å²) in [7, 11) is 1.67. The van der Waals surface area contributed by atoms with Crippen LogP contribution in [0.25, 0.3) is 0 Å². The molecule has 1 aromatic rings. The van der Waals surface area contributed by atoms with Gasteiger partial charge >= 0.3 is 5.97 Å². The highest BCUT2D eigenvalue weighted by Crippen LogP contribution is 2.25. The van der Waals surface area contributed by atoms with E-state index in [-0.39, 0.29) is 6.10 Å². The molecule has 0 atom stereocenters. The van der Waals surface area contributed by atoms with Gasteiger partial charge in [-0.15, -0.1) is 0 Å². The van der Waals surface area contributed by atoms with Crippen molar-refractivity contribution in [3.05, 3.63) is 29.8 Å². The van der Waals surface area contributed by atoms with Gasteiger partial charge in [0.25, 0.3) is 0 Å². The number of hydrogen-bond acceptors (Lipinski definition) is 3. The summed E-state index contributed by atoms with van der Waals surface area (Å²) >= 11 is 0. The first-order valence-electron chi connectivity index (χ1n) is 4.82. The lowest BCUT2D eigenvalue weighted by atomic mass is 10.1. The summed E-state index contributed by atoms with van der Waals surface area (Å²) in [5.74, 6) is -0.883. The zero-order chi connectivity index (χ0) is 10.8. The monoisotopic (exact) mass is 207 g/mol. The molecule has 1 aliphatic rings. The fourth-order valence-electron chi connectivity index (χ4n) is 1.71. The number of carbonyl (C=O) groups is 1.